The van der Waals surface area contributed by atoms with Crippen molar-refractivity contribution in [1.29, 1.82) is 0 Å². The third-order valence-electron chi connectivity index (χ3n) is 3.78. The highest BCUT2D eigenvalue weighted by Gasteiger charge is 2.29. The Morgan fingerprint density at radius 3 is 2.44 bits per heavy atom. The van der Waals surface area contributed by atoms with Gasteiger partial charge in [-0.05, 0) is 50.2 Å². The molecular formula is C15H25NO2. The van der Waals surface area contributed by atoms with E-state index in [1.807, 2.05) is 19.1 Å². The molecule has 2 rings (SSSR count). The van der Waals surface area contributed by atoms with Crippen molar-refractivity contribution in [1.82, 2.24) is 0 Å². The second-order valence-electron chi connectivity index (χ2n) is 5.97. The summed E-state index contributed by atoms with van der Waals surface area (Å²) in [5.74, 6) is 2.32. The molecule has 3 nitrogen and oxygen atoms in total. The first-order chi connectivity index (χ1) is 8.56. The Balaban J connectivity index is 2.01. The highest BCUT2D eigenvalue weighted by molar-refractivity contribution is 5.04. The standard InChI is InChI=1S/C15H25NO2/c1-10-7-11(2)9-13(8-10)18-15(12(3)16)14-5-4-6-17-14/h4-6,10-13,15H,7-9,16H2,1-3H3. The predicted molar refractivity (Wildman–Crippen MR) is 72.2 cm³/mol. The maximum Gasteiger partial charge on any atom is 0.134 e. The van der Waals surface area contributed by atoms with Crippen molar-refractivity contribution in [2.75, 3.05) is 0 Å². The number of hydrogen-bond donors (Lipinski definition) is 1. The molecule has 1 aliphatic rings. The summed E-state index contributed by atoms with van der Waals surface area (Å²) in [6.45, 7) is 6.59. The average Bonchev–Trinajstić information content (AvgIpc) is 2.77. The molecule has 1 aromatic heterocycles. The summed E-state index contributed by atoms with van der Waals surface area (Å²) in [5.41, 5.74) is 6.03. The van der Waals surface area contributed by atoms with Gasteiger partial charge in [0.05, 0.1) is 12.4 Å². The molecule has 1 saturated carbocycles. The van der Waals surface area contributed by atoms with Crippen LogP contribution in [0.2, 0.25) is 0 Å². The minimum Gasteiger partial charge on any atom is -0.467 e. The van der Waals surface area contributed by atoms with Gasteiger partial charge in [-0.2, -0.15) is 0 Å². The molecule has 0 amide bonds. The van der Waals surface area contributed by atoms with Crippen LogP contribution in [0, 0.1) is 11.8 Å². The van der Waals surface area contributed by atoms with Crippen molar-refractivity contribution in [3.63, 3.8) is 0 Å². The van der Waals surface area contributed by atoms with Crippen LogP contribution in [0.25, 0.3) is 0 Å². The van der Waals surface area contributed by atoms with Crippen molar-refractivity contribution in [2.24, 2.45) is 17.6 Å². The largest absolute Gasteiger partial charge is 0.467 e. The lowest BCUT2D eigenvalue weighted by molar-refractivity contribution is -0.0665. The van der Waals surface area contributed by atoms with E-state index in [2.05, 4.69) is 13.8 Å². The fourth-order valence-corrected chi connectivity index (χ4v) is 3.09. The van der Waals surface area contributed by atoms with Gasteiger partial charge in [0, 0.05) is 6.04 Å². The van der Waals surface area contributed by atoms with E-state index in [0.29, 0.717) is 6.10 Å². The number of rotatable bonds is 4. The van der Waals surface area contributed by atoms with Gasteiger partial charge in [0.2, 0.25) is 0 Å². The van der Waals surface area contributed by atoms with Crippen molar-refractivity contribution in [3.05, 3.63) is 24.2 Å². The first-order valence-corrected chi connectivity index (χ1v) is 7.00. The number of hydrogen-bond acceptors (Lipinski definition) is 3. The van der Waals surface area contributed by atoms with Gasteiger partial charge in [0.15, 0.2) is 0 Å². The molecule has 1 heterocycles. The number of furan rings is 1. The molecule has 3 heteroatoms. The lowest BCUT2D eigenvalue weighted by Crippen LogP contribution is -2.33. The Morgan fingerprint density at radius 2 is 1.94 bits per heavy atom. The van der Waals surface area contributed by atoms with Crippen molar-refractivity contribution < 1.29 is 9.15 Å². The van der Waals surface area contributed by atoms with E-state index in [9.17, 15) is 0 Å². The monoisotopic (exact) mass is 251 g/mol. The SMILES string of the molecule is CC1CC(C)CC(OC(c2ccco2)C(C)N)C1. The van der Waals surface area contributed by atoms with Gasteiger partial charge < -0.3 is 14.9 Å². The molecule has 0 bridgehead atoms. The second-order valence-corrected chi connectivity index (χ2v) is 5.97. The summed E-state index contributed by atoms with van der Waals surface area (Å²) in [6, 6.07) is 3.79. The highest BCUT2D eigenvalue weighted by atomic mass is 16.5. The molecule has 0 aromatic carbocycles. The summed E-state index contributed by atoms with van der Waals surface area (Å²) >= 11 is 0. The van der Waals surface area contributed by atoms with Crippen LogP contribution in [0.4, 0.5) is 0 Å². The molecule has 0 saturated heterocycles. The van der Waals surface area contributed by atoms with Crippen molar-refractivity contribution in [3.8, 4) is 0 Å². The van der Waals surface area contributed by atoms with Crippen LogP contribution < -0.4 is 5.73 Å². The fourth-order valence-electron chi connectivity index (χ4n) is 3.09. The number of nitrogens with two attached hydrogens (primary N) is 1. The zero-order valence-electron chi connectivity index (χ0n) is 11.6. The molecule has 0 aliphatic heterocycles. The average molecular weight is 251 g/mol. The van der Waals surface area contributed by atoms with E-state index in [-0.39, 0.29) is 12.1 Å². The van der Waals surface area contributed by atoms with Crippen LogP contribution >= 0.6 is 0 Å². The lowest BCUT2D eigenvalue weighted by Gasteiger charge is -2.34. The van der Waals surface area contributed by atoms with E-state index in [1.54, 1.807) is 6.26 Å². The molecule has 1 fully saturated rings. The van der Waals surface area contributed by atoms with E-state index in [1.165, 1.54) is 6.42 Å². The summed E-state index contributed by atoms with van der Waals surface area (Å²) in [4.78, 5) is 0. The van der Waals surface area contributed by atoms with Crippen LogP contribution in [-0.2, 0) is 4.74 Å². The van der Waals surface area contributed by atoms with Gasteiger partial charge in [-0.1, -0.05) is 13.8 Å². The third-order valence-corrected chi connectivity index (χ3v) is 3.78. The Kier molecular flexibility index (Phi) is 4.46. The summed E-state index contributed by atoms with van der Waals surface area (Å²) in [6.07, 6.45) is 5.44. The molecule has 4 atom stereocenters. The first kappa shape index (κ1) is 13.6. The maximum absolute atomic E-state index is 6.22. The van der Waals surface area contributed by atoms with Gasteiger partial charge >= 0.3 is 0 Å². The molecule has 1 aliphatic carbocycles. The van der Waals surface area contributed by atoms with Gasteiger partial charge in [-0.25, -0.2) is 0 Å². The van der Waals surface area contributed by atoms with Crippen LogP contribution in [-0.4, -0.2) is 12.1 Å². The Morgan fingerprint density at radius 1 is 1.28 bits per heavy atom. The minimum atomic E-state index is -0.123. The molecule has 1 aromatic rings. The van der Waals surface area contributed by atoms with Crippen LogP contribution in [0.3, 0.4) is 0 Å². The maximum atomic E-state index is 6.22. The molecule has 102 valence electrons. The van der Waals surface area contributed by atoms with E-state index in [4.69, 9.17) is 14.9 Å². The summed E-state index contributed by atoms with van der Waals surface area (Å²) in [5, 5.41) is 0. The summed E-state index contributed by atoms with van der Waals surface area (Å²) in [7, 11) is 0. The van der Waals surface area contributed by atoms with E-state index in [0.717, 1.165) is 30.4 Å². The second kappa shape index (κ2) is 5.89. The topological polar surface area (TPSA) is 48.4 Å². The smallest absolute Gasteiger partial charge is 0.134 e. The van der Waals surface area contributed by atoms with E-state index >= 15 is 0 Å². The molecule has 0 radical (unpaired) electrons. The highest BCUT2D eigenvalue weighted by Crippen LogP contribution is 2.34. The predicted octanol–water partition coefficient (Wildman–Crippen LogP) is 3.51. The molecule has 4 unspecified atom stereocenters. The van der Waals surface area contributed by atoms with E-state index < -0.39 is 0 Å². The number of ether oxygens (including phenoxy) is 1. The molecule has 18 heavy (non-hydrogen) atoms. The summed E-state index contributed by atoms with van der Waals surface area (Å²) < 4.78 is 11.7. The van der Waals surface area contributed by atoms with Gasteiger partial charge in [-0.15, -0.1) is 0 Å². The fraction of sp³-hybridized carbons (Fsp3) is 0.733. The molecular weight excluding hydrogens is 226 g/mol. The zero-order valence-corrected chi connectivity index (χ0v) is 11.6. The molecule has 2 N–H and O–H groups in total. The van der Waals surface area contributed by atoms with Gasteiger partial charge in [0.25, 0.3) is 0 Å². The quantitative estimate of drug-likeness (QED) is 0.890. The van der Waals surface area contributed by atoms with Crippen LogP contribution in [0.15, 0.2) is 22.8 Å². The Hall–Kier alpha value is -0.800. The molecule has 0 spiro atoms. The van der Waals surface area contributed by atoms with Gasteiger partial charge in [0.1, 0.15) is 11.9 Å². The lowest BCUT2D eigenvalue weighted by atomic mass is 9.81. The van der Waals surface area contributed by atoms with Crippen LogP contribution in [0.1, 0.15) is 51.9 Å². The van der Waals surface area contributed by atoms with Crippen molar-refractivity contribution in [2.45, 2.75) is 58.3 Å². The normalized spacial score (nSPS) is 32.1. The van der Waals surface area contributed by atoms with Crippen LogP contribution in [0.5, 0.6) is 0 Å². The van der Waals surface area contributed by atoms with Gasteiger partial charge in [-0.3, -0.25) is 0 Å². The minimum absolute atomic E-state index is 0.0521. The first-order valence-electron chi connectivity index (χ1n) is 7.00. The third kappa shape index (κ3) is 3.36. The Labute approximate surface area is 110 Å². The van der Waals surface area contributed by atoms with Crippen molar-refractivity contribution >= 4 is 0 Å². The zero-order chi connectivity index (χ0) is 13.1. The Bertz CT molecular complexity index is 337.